The number of carboxylic acid groups (broad SMARTS) is 1. The predicted octanol–water partition coefficient (Wildman–Crippen LogP) is 2.17. The zero-order valence-corrected chi connectivity index (χ0v) is 12.2. The summed E-state index contributed by atoms with van der Waals surface area (Å²) in [4.78, 5) is 24.7. The molecular weight excluding hydrogens is 270 g/mol. The lowest BCUT2D eigenvalue weighted by atomic mass is 10.0. The Kier molecular flexibility index (Phi) is 5.20. The summed E-state index contributed by atoms with van der Waals surface area (Å²) >= 11 is 0. The van der Waals surface area contributed by atoms with E-state index in [1.165, 1.54) is 0 Å². The number of amides is 1. The molecule has 1 aliphatic heterocycles. The van der Waals surface area contributed by atoms with E-state index >= 15 is 0 Å². The third kappa shape index (κ3) is 4.48. The van der Waals surface area contributed by atoms with Gasteiger partial charge >= 0.3 is 5.97 Å². The molecule has 0 saturated carbocycles. The molecule has 1 N–H and O–H groups in total. The largest absolute Gasteiger partial charge is 0.481 e. The van der Waals surface area contributed by atoms with Crippen LogP contribution in [-0.2, 0) is 9.59 Å². The van der Waals surface area contributed by atoms with E-state index in [0.29, 0.717) is 25.3 Å². The quantitative estimate of drug-likeness (QED) is 0.872. The number of ether oxygens (including phenoxy) is 1. The average molecular weight is 291 g/mol. The first-order chi connectivity index (χ1) is 10.1. The number of likely N-dealkylation sites (tertiary alicyclic amines) is 1. The number of carboxylic acids is 1. The summed E-state index contributed by atoms with van der Waals surface area (Å²) in [5, 5.41) is 8.70. The number of hydrogen-bond acceptors (Lipinski definition) is 3. The Morgan fingerprint density at radius 3 is 2.76 bits per heavy atom. The van der Waals surface area contributed by atoms with Crippen LogP contribution in [0.25, 0.3) is 0 Å². The van der Waals surface area contributed by atoms with Gasteiger partial charge in [0.05, 0.1) is 0 Å². The van der Waals surface area contributed by atoms with E-state index in [2.05, 4.69) is 0 Å². The van der Waals surface area contributed by atoms with Crippen LogP contribution in [0.2, 0.25) is 0 Å². The number of para-hydroxylation sites is 1. The Labute approximate surface area is 124 Å². The van der Waals surface area contributed by atoms with Crippen LogP contribution in [0.15, 0.2) is 30.3 Å². The molecule has 1 heterocycles. The van der Waals surface area contributed by atoms with E-state index in [0.717, 1.165) is 6.42 Å². The van der Waals surface area contributed by atoms with Crippen molar-refractivity contribution in [3.63, 3.8) is 0 Å². The summed E-state index contributed by atoms with van der Waals surface area (Å²) in [5.41, 5.74) is 0. The van der Waals surface area contributed by atoms with Crippen molar-refractivity contribution in [2.45, 2.75) is 32.3 Å². The van der Waals surface area contributed by atoms with E-state index in [-0.39, 0.29) is 18.2 Å². The topological polar surface area (TPSA) is 66.8 Å². The Bertz CT molecular complexity index is 488. The summed E-state index contributed by atoms with van der Waals surface area (Å²) in [6.07, 6.45) is 1.15. The first-order valence-corrected chi connectivity index (χ1v) is 7.28. The molecule has 1 fully saturated rings. The standard InChI is InChI=1S/C16H21NO4/c1-12(21-14-5-3-2-4-6-14)16(20)17-10-9-13(11-17)7-8-15(18)19/h2-6,12-13H,7-11H2,1H3,(H,18,19). The van der Waals surface area contributed by atoms with Crippen molar-refractivity contribution in [3.05, 3.63) is 30.3 Å². The lowest BCUT2D eigenvalue weighted by Gasteiger charge is -2.21. The van der Waals surface area contributed by atoms with Crippen LogP contribution in [0.4, 0.5) is 0 Å². The zero-order chi connectivity index (χ0) is 15.2. The fourth-order valence-corrected chi connectivity index (χ4v) is 2.61. The van der Waals surface area contributed by atoms with Crippen molar-refractivity contribution < 1.29 is 19.4 Å². The maximum Gasteiger partial charge on any atom is 0.303 e. The highest BCUT2D eigenvalue weighted by molar-refractivity contribution is 5.81. The predicted molar refractivity (Wildman–Crippen MR) is 78.1 cm³/mol. The van der Waals surface area contributed by atoms with Crippen molar-refractivity contribution in [1.82, 2.24) is 4.90 Å². The number of rotatable bonds is 6. The lowest BCUT2D eigenvalue weighted by molar-refractivity contribution is -0.137. The van der Waals surface area contributed by atoms with Gasteiger partial charge in [-0.25, -0.2) is 0 Å². The van der Waals surface area contributed by atoms with Gasteiger partial charge in [-0.2, -0.15) is 0 Å². The number of aliphatic carboxylic acids is 1. The Hall–Kier alpha value is -2.04. The van der Waals surface area contributed by atoms with Gasteiger partial charge in [0.15, 0.2) is 6.10 Å². The second-order valence-corrected chi connectivity index (χ2v) is 5.44. The van der Waals surface area contributed by atoms with Crippen molar-refractivity contribution in [2.75, 3.05) is 13.1 Å². The van der Waals surface area contributed by atoms with Gasteiger partial charge < -0.3 is 14.7 Å². The van der Waals surface area contributed by atoms with Gasteiger partial charge in [-0.1, -0.05) is 18.2 Å². The maximum absolute atomic E-state index is 12.3. The van der Waals surface area contributed by atoms with Crippen LogP contribution in [0, 0.1) is 5.92 Å². The number of hydrogen-bond donors (Lipinski definition) is 1. The average Bonchev–Trinajstić information content (AvgIpc) is 2.94. The summed E-state index contributed by atoms with van der Waals surface area (Å²) in [5.74, 6) is 0.159. The van der Waals surface area contributed by atoms with E-state index in [9.17, 15) is 9.59 Å². The summed E-state index contributed by atoms with van der Waals surface area (Å²) in [6.45, 7) is 3.07. The first-order valence-electron chi connectivity index (χ1n) is 7.28. The lowest BCUT2D eigenvalue weighted by Crippen LogP contribution is -2.39. The van der Waals surface area contributed by atoms with Crippen molar-refractivity contribution >= 4 is 11.9 Å². The van der Waals surface area contributed by atoms with Gasteiger partial charge in [0, 0.05) is 19.5 Å². The molecular formula is C16H21NO4. The number of nitrogens with zero attached hydrogens (tertiary/aromatic N) is 1. The second kappa shape index (κ2) is 7.11. The number of carbonyl (C=O) groups excluding carboxylic acids is 1. The molecule has 1 aromatic carbocycles. The third-order valence-corrected chi connectivity index (χ3v) is 3.77. The van der Waals surface area contributed by atoms with Crippen molar-refractivity contribution in [1.29, 1.82) is 0 Å². The summed E-state index contributed by atoms with van der Waals surface area (Å²) < 4.78 is 5.64. The fourth-order valence-electron chi connectivity index (χ4n) is 2.61. The Morgan fingerprint density at radius 2 is 2.10 bits per heavy atom. The minimum absolute atomic E-state index is 0.0309. The van der Waals surface area contributed by atoms with Crippen LogP contribution in [0.3, 0.4) is 0 Å². The highest BCUT2D eigenvalue weighted by Crippen LogP contribution is 2.22. The fraction of sp³-hybridized carbons (Fsp3) is 0.500. The normalized spacial score (nSPS) is 19.3. The van der Waals surface area contributed by atoms with Crippen LogP contribution in [-0.4, -0.2) is 41.1 Å². The highest BCUT2D eigenvalue weighted by atomic mass is 16.5. The Balaban J connectivity index is 1.82. The molecule has 1 aliphatic rings. The molecule has 0 radical (unpaired) electrons. The molecule has 2 rings (SSSR count). The van der Waals surface area contributed by atoms with Gasteiger partial charge in [-0.15, -0.1) is 0 Å². The van der Waals surface area contributed by atoms with E-state index in [4.69, 9.17) is 9.84 Å². The molecule has 2 unspecified atom stereocenters. The minimum atomic E-state index is -0.777. The molecule has 0 spiro atoms. The molecule has 1 aromatic rings. The molecule has 0 aliphatic carbocycles. The van der Waals surface area contributed by atoms with Gasteiger partial charge in [-0.05, 0) is 37.8 Å². The van der Waals surface area contributed by atoms with Gasteiger partial charge in [0.2, 0.25) is 0 Å². The number of carbonyl (C=O) groups is 2. The molecule has 1 amide bonds. The molecule has 114 valence electrons. The molecule has 0 aromatic heterocycles. The van der Waals surface area contributed by atoms with Gasteiger partial charge in [-0.3, -0.25) is 9.59 Å². The third-order valence-electron chi connectivity index (χ3n) is 3.77. The van der Waals surface area contributed by atoms with Crippen LogP contribution in [0.5, 0.6) is 5.75 Å². The first kappa shape index (κ1) is 15.4. The van der Waals surface area contributed by atoms with Crippen LogP contribution in [0.1, 0.15) is 26.2 Å². The molecule has 1 saturated heterocycles. The van der Waals surface area contributed by atoms with Crippen molar-refractivity contribution in [2.24, 2.45) is 5.92 Å². The smallest absolute Gasteiger partial charge is 0.303 e. The van der Waals surface area contributed by atoms with E-state index in [1.54, 1.807) is 11.8 Å². The Morgan fingerprint density at radius 1 is 1.38 bits per heavy atom. The van der Waals surface area contributed by atoms with E-state index in [1.807, 2.05) is 30.3 Å². The van der Waals surface area contributed by atoms with Gasteiger partial charge in [0.25, 0.3) is 5.91 Å². The molecule has 5 heteroatoms. The number of benzene rings is 1. The summed E-state index contributed by atoms with van der Waals surface area (Å²) in [6, 6.07) is 9.27. The highest BCUT2D eigenvalue weighted by Gasteiger charge is 2.29. The SMILES string of the molecule is CC(Oc1ccccc1)C(=O)N1CCC(CCC(=O)O)C1. The van der Waals surface area contributed by atoms with Crippen LogP contribution >= 0.6 is 0 Å². The second-order valence-electron chi connectivity index (χ2n) is 5.44. The van der Waals surface area contributed by atoms with Crippen LogP contribution < -0.4 is 4.74 Å². The minimum Gasteiger partial charge on any atom is -0.481 e. The zero-order valence-electron chi connectivity index (χ0n) is 12.2. The van der Waals surface area contributed by atoms with E-state index < -0.39 is 12.1 Å². The molecule has 5 nitrogen and oxygen atoms in total. The maximum atomic E-state index is 12.3. The summed E-state index contributed by atoms with van der Waals surface area (Å²) in [7, 11) is 0. The molecule has 2 atom stereocenters. The molecule has 21 heavy (non-hydrogen) atoms. The van der Waals surface area contributed by atoms with Gasteiger partial charge in [0.1, 0.15) is 5.75 Å². The molecule has 0 bridgehead atoms. The van der Waals surface area contributed by atoms with Crippen molar-refractivity contribution in [3.8, 4) is 5.75 Å². The monoisotopic (exact) mass is 291 g/mol.